The van der Waals surface area contributed by atoms with Crippen LogP contribution in [0.2, 0.25) is 0 Å². The van der Waals surface area contributed by atoms with Crippen molar-refractivity contribution in [3.05, 3.63) is 29.6 Å². The lowest BCUT2D eigenvalue weighted by molar-refractivity contribution is 0.0708. The molecule has 2 rings (SSSR count). The van der Waals surface area contributed by atoms with E-state index in [9.17, 15) is 9.18 Å². The molecular formula is C13H18ClFN2O2. The number of piperidine rings is 1. The van der Waals surface area contributed by atoms with E-state index in [0.29, 0.717) is 18.7 Å². The predicted molar refractivity (Wildman–Crippen MR) is 73.3 cm³/mol. The lowest BCUT2D eigenvalue weighted by Gasteiger charge is -2.30. The number of amides is 1. The molecule has 0 aliphatic carbocycles. The first-order valence-corrected chi connectivity index (χ1v) is 6.00. The van der Waals surface area contributed by atoms with Crippen LogP contribution in [0, 0.1) is 5.82 Å². The molecule has 1 aromatic rings. The number of rotatable bonds is 2. The van der Waals surface area contributed by atoms with Crippen molar-refractivity contribution in [2.24, 2.45) is 5.73 Å². The lowest BCUT2D eigenvalue weighted by atomic mass is 10.1. The molecule has 0 bridgehead atoms. The number of nitrogens with zero attached hydrogens (tertiary/aromatic N) is 1. The minimum Gasteiger partial charge on any atom is -0.494 e. The maximum Gasteiger partial charge on any atom is 0.254 e. The number of hydrogen-bond acceptors (Lipinski definition) is 3. The second-order valence-electron chi connectivity index (χ2n) is 4.50. The van der Waals surface area contributed by atoms with Gasteiger partial charge in [-0.3, -0.25) is 4.79 Å². The van der Waals surface area contributed by atoms with Crippen LogP contribution in [0.5, 0.6) is 5.75 Å². The molecule has 0 radical (unpaired) electrons. The van der Waals surface area contributed by atoms with Crippen molar-refractivity contribution in [1.29, 1.82) is 0 Å². The average molecular weight is 289 g/mol. The number of halogens is 2. The quantitative estimate of drug-likeness (QED) is 0.903. The van der Waals surface area contributed by atoms with E-state index in [1.54, 1.807) is 4.90 Å². The molecule has 1 atom stereocenters. The third-order valence-electron chi connectivity index (χ3n) is 3.14. The van der Waals surface area contributed by atoms with Gasteiger partial charge in [-0.2, -0.15) is 0 Å². The number of hydrogen-bond donors (Lipinski definition) is 1. The zero-order valence-corrected chi connectivity index (χ0v) is 11.6. The Morgan fingerprint density at radius 3 is 2.89 bits per heavy atom. The number of nitrogens with two attached hydrogens (primary N) is 1. The van der Waals surface area contributed by atoms with E-state index in [0.717, 1.165) is 12.8 Å². The Morgan fingerprint density at radius 2 is 2.26 bits per heavy atom. The monoisotopic (exact) mass is 288 g/mol. The normalized spacial score (nSPS) is 18.7. The number of likely N-dealkylation sites (tertiary alicyclic amines) is 1. The zero-order chi connectivity index (χ0) is 13.1. The molecular weight excluding hydrogens is 271 g/mol. The first kappa shape index (κ1) is 15.7. The van der Waals surface area contributed by atoms with Gasteiger partial charge in [0.25, 0.3) is 5.91 Å². The second kappa shape index (κ2) is 6.73. The molecule has 19 heavy (non-hydrogen) atoms. The van der Waals surface area contributed by atoms with Crippen LogP contribution < -0.4 is 10.5 Å². The maximum atomic E-state index is 13.3. The topological polar surface area (TPSA) is 55.6 Å². The highest BCUT2D eigenvalue weighted by Gasteiger charge is 2.22. The molecule has 6 heteroatoms. The summed E-state index contributed by atoms with van der Waals surface area (Å²) in [6.07, 6.45) is 1.85. The maximum absolute atomic E-state index is 13.3. The molecule has 1 aromatic carbocycles. The van der Waals surface area contributed by atoms with Crippen molar-refractivity contribution in [2.45, 2.75) is 18.9 Å². The Kier molecular flexibility index (Phi) is 5.57. The van der Waals surface area contributed by atoms with Crippen LogP contribution in [0.15, 0.2) is 18.2 Å². The molecule has 4 nitrogen and oxygen atoms in total. The van der Waals surface area contributed by atoms with Gasteiger partial charge in [0.1, 0.15) is 0 Å². The fourth-order valence-corrected chi connectivity index (χ4v) is 2.17. The molecule has 1 unspecified atom stereocenters. The van der Waals surface area contributed by atoms with Crippen LogP contribution in [0.3, 0.4) is 0 Å². The van der Waals surface area contributed by atoms with Gasteiger partial charge in [0, 0.05) is 24.7 Å². The van der Waals surface area contributed by atoms with Gasteiger partial charge in [-0.1, -0.05) is 0 Å². The van der Waals surface area contributed by atoms with E-state index in [4.69, 9.17) is 10.5 Å². The van der Waals surface area contributed by atoms with Crippen molar-refractivity contribution in [1.82, 2.24) is 4.90 Å². The summed E-state index contributed by atoms with van der Waals surface area (Å²) >= 11 is 0. The predicted octanol–water partition coefficient (Wildman–Crippen LogP) is 1.82. The minimum absolute atomic E-state index is 0. The number of carbonyl (C=O) groups excluding carboxylic acids is 1. The third kappa shape index (κ3) is 3.58. The molecule has 106 valence electrons. The van der Waals surface area contributed by atoms with Gasteiger partial charge < -0.3 is 15.4 Å². The first-order valence-electron chi connectivity index (χ1n) is 6.00. The van der Waals surface area contributed by atoms with Gasteiger partial charge in [-0.25, -0.2) is 4.39 Å². The molecule has 1 fully saturated rings. The molecule has 1 amide bonds. The fourth-order valence-electron chi connectivity index (χ4n) is 2.17. The Hall–Kier alpha value is -1.33. The van der Waals surface area contributed by atoms with E-state index < -0.39 is 5.82 Å². The summed E-state index contributed by atoms with van der Waals surface area (Å²) < 4.78 is 18.1. The van der Waals surface area contributed by atoms with E-state index in [-0.39, 0.29) is 30.1 Å². The van der Waals surface area contributed by atoms with Crippen molar-refractivity contribution in [3.8, 4) is 5.75 Å². The molecule has 1 heterocycles. The summed E-state index contributed by atoms with van der Waals surface area (Å²) in [6.45, 7) is 1.25. The SMILES string of the molecule is COc1cc(C(=O)N2CCCC(N)C2)ccc1F.Cl. The number of benzene rings is 1. The third-order valence-corrected chi connectivity index (χ3v) is 3.14. The molecule has 1 aliphatic rings. The van der Waals surface area contributed by atoms with Crippen molar-refractivity contribution in [2.75, 3.05) is 20.2 Å². The highest BCUT2D eigenvalue weighted by molar-refractivity contribution is 5.94. The largest absolute Gasteiger partial charge is 0.494 e. The molecule has 0 aromatic heterocycles. The average Bonchev–Trinajstić information content (AvgIpc) is 2.38. The summed E-state index contributed by atoms with van der Waals surface area (Å²) in [5.74, 6) is -0.505. The summed E-state index contributed by atoms with van der Waals surface area (Å²) in [5, 5.41) is 0. The van der Waals surface area contributed by atoms with E-state index in [1.165, 1.54) is 25.3 Å². The fraction of sp³-hybridized carbons (Fsp3) is 0.462. The summed E-state index contributed by atoms with van der Waals surface area (Å²) in [4.78, 5) is 13.9. The van der Waals surface area contributed by atoms with E-state index >= 15 is 0 Å². The van der Waals surface area contributed by atoms with Gasteiger partial charge in [0.15, 0.2) is 11.6 Å². The molecule has 1 aliphatic heterocycles. The summed E-state index contributed by atoms with van der Waals surface area (Å²) in [7, 11) is 1.38. The van der Waals surface area contributed by atoms with E-state index in [2.05, 4.69) is 0 Å². The van der Waals surface area contributed by atoms with Crippen LogP contribution in [0.25, 0.3) is 0 Å². The Balaban J connectivity index is 0.00000180. The molecule has 0 saturated carbocycles. The van der Waals surface area contributed by atoms with Crippen LogP contribution in [0.1, 0.15) is 23.2 Å². The van der Waals surface area contributed by atoms with Gasteiger partial charge in [0.05, 0.1) is 7.11 Å². The van der Waals surface area contributed by atoms with Gasteiger partial charge in [-0.05, 0) is 31.0 Å². The Morgan fingerprint density at radius 1 is 1.53 bits per heavy atom. The Bertz CT molecular complexity index is 456. The Labute approximate surface area is 118 Å². The minimum atomic E-state index is -0.468. The van der Waals surface area contributed by atoms with Gasteiger partial charge in [0.2, 0.25) is 0 Å². The van der Waals surface area contributed by atoms with E-state index in [1.807, 2.05) is 0 Å². The molecule has 1 saturated heterocycles. The first-order chi connectivity index (χ1) is 8.61. The smallest absolute Gasteiger partial charge is 0.254 e. The van der Waals surface area contributed by atoms with Gasteiger partial charge in [-0.15, -0.1) is 12.4 Å². The summed E-state index contributed by atoms with van der Waals surface area (Å²) in [6, 6.07) is 4.18. The highest BCUT2D eigenvalue weighted by Crippen LogP contribution is 2.20. The van der Waals surface area contributed by atoms with Gasteiger partial charge >= 0.3 is 0 Å². The molecule has 2 N–H and O–H groups in total. The number of carbonyl (C=O) groups is 1. The standard InChI is InChI=1S/C13H17FN2O2.ClH/c1-18-12-7-9(4-5-11(12)14)13(17)16-6-2-3-10(15)8-16;/h4-5,7,10H,2-3,6,8,15H2,1H3;1H. The van der Waals surface area contributed by atoms with Crippen LogP contribution in [0.4, 0.5) is 4.39 Å². The van der Waals surface area contributed by atoms with Crippen molar-refractivity contribution in [3.63, 3.8) is 0 Å². The number of methoxy groups -OCH3 is 1. The lowest BCUT2D eigenvalue weighted by Crippen LogP contribution is -2.45. The highest BCUT2D eigenvalue weighted by atomic mass is 35.5. The summed E-state index contributed by atoms with van der Waals surface area (Å²) in [5.41, 5.74) is 6.28. The number of ether oxygens (including phenoxy) is 1. The second-order valence-corrected chi connectivity index (χ2v) is 4.50. The van der Waals surface area contributed by atoms with Crippen LogP contribution in [-0.2, 0) is 0 Å². The zero-order valence-electron chi connectivity index (χ0n) is 10.8. The van der Waals surface area contributed by atoms with Crippen molar-refractivity contribution < 1.29 is 13.9 Å². The molecule has 0 spiro atoms. The van der Waals surface area contributed by atoms with Crippen LogP contribution >= 0.6 is 12.4 Å². The van der Waals surface area contributed by atoms with Crippen LogP contribution in [-0.4, -0.2) is 37.0 Å². The van der Waals surface area contributed by atoms with Crippen molar-refractivity contribution >= 4 is 18.3 Å².